The number of rotatable bonds is 4. The van der Waals surface area contributed by atoms with Crippen LogP contribution in [-0.4, -0.2) is 23.7 Å². The molecule has 0 aliphatic heterocycles. The lowest BCUT2D eigenvalue weighted by molar-refractivity contribution is 0.0963. The second-order valence-electron chi connectivity index (χ2n) is 6.01. The Balaban J connectivity index is 2.62. The van der Waals surface area contributed by atoms with E-state index in [1.54, 1.807) is 43.5 Å². The molecule has 29 heavy (non-hydrogen) atoms. The zero-order valence-corrected chi connectivity index (χ0v) is 16.8. The van der Waals surface area contributed by atoms with Gasteiger partial charge in [0.1, 0.15) is 11.6 Å². The first-order valence-electron chi connectivity index (χ1n) is 8.48. The average molecular weight is 409 g/mol. The van der Waals surface area contributed by atoms with E-state index in [4.69, 9.17) is 28.8 Å². The lowest BCUT2D eigenvalue weighted by atomic mass is 9.98. The molecule has 0 bridgehead atoms. The Morgan fingerprint density at radius 1 is 1.28 bits per heavy atom. The lowest BCUT2D eigenvalue weighted by Crippen LogP contribution is -2.19. The highest BCUT2D eigenvalue weighted by Crippen LogP contribution is 2.21. The Hall–Kier alpha value is -3.76. The van der Waals surface area contributed by atoms with Crippen LogP contribution in [0.25, 0.3) is 0 Å². The van der Waals surface area contributed by atoms with Crippen LogP contribution in [0.1, 0.15) is 28.4 Å². The second-order valence-corrected chi connectivity index (χ2v) is 6.41. The maximum absolute atomic E-state index is 12.1. The van der Waals surface area contributed by atoms with Crippen LogP contribution in [0.15, 0.2) is 65.2 Å². The molecule has 2 aromatic rings. The summed E-state index contributed by atoms with van der Waals surface area (Å²) in [5.74, 6) is 6.09. The highest BCUT2D eigenvalue weighted by atomic mass is 35.5. The Bertz CT molecular complexity index is 1070. The molecule has 1 aromatic heterocycles. The number of hydrogen-bond donors (Lipinski definition) is 4. The number of nitrogens with zero attached hydrogens (tertiary/aromatic N) is 2. The number of nitrogen functional groups attached to an aromatic ring is 1. The van der Waals surface area contributed by atoms with Crippen molar-refractivity contribution in [3.8, 4) is 11.8 Å². The summed E-state index contributed by atoms with van der Waals surface area (Å²) in [6, 6.07) is 8.28. The predicted molar refractivity (Wildman–Crippen MR) is 117 cm³/mol. The lowest BCUT2D eigenvalue weighted by Gasteiger charge is -2.11. The van der Waals surface area contributed by atoms with Crippen molar-refractivity contribution in [2.75, 3.05) is 12.8 Å². The third-order valence-corrected chi connectivity index (χ3v) is 4.05. The van der Waals surface area contributed by atoms with E-state index in [9.17, 15) is 4.79 Å². The van der Waals surface area contributed by atoms with Crippen LogP contribution in [0.4, 0.5) is 5.82 Å². The molecule has 148 valence electrons. The highest BCUT2D eigenvalue weighted by Gasteiger charge is 2.16. The van der Waals surface area contributed by atoms with Crippen LogP contribution in [0.2, 0.25) is 5.02 Å². The van der Waals surface area contributed by atoms with Gasteiger partial charge in [-0.3, -0.25) is 4.79 Å². The summed E-state index contributed by atoms with van der Waals surface area (Å²) < 4.78 is 0. The molecule has 1 aromatic carbocycles. The second kappa shape index (κ2) is 9.44. The number of allylic oxidation sites excluding steroid dienone is 2. The Morgan fingerprint density at radius 2 is 2.00 bits per heavy atom. The van der Waals surface area contributed by atoms with Crippen molar-refractivity contribution in [2.24, 2.45) is 16.5 Å². The van der Waals surface area contributed by atoms with E-state index in [0.717, 1.165) is 0 Å². The summed E-state index contributed by atoms with van der Waals surface area (Å²) in [5, 5.41) is 2.84. The topological polar surface area (TPSA) is 132 Å². The maximum Gasteiger partial charge on any atom is 0.252 e. The number of aromatic nitrogens is 1. The van der Waals surface area contributed by atoms with Gasteiger partial charge in [-0.1, -0.05) is 36.1 Å². The first kappa shape index (κ1) is 21.5. The van der Waals surface area contributed by atoms with Gasteiger partial charge in [0.25, 0.3) is 5.91 Å². The zero-order chi connectivity index (χ0) is 21.6. The van der Waals surface area contributed by atoms with Crippen molar-refractivity contribution in [3.63, 3.8) is 0 Å². The first-order chi connectivity index (χ1) is 13.7. The van der Waals surface area contributed by atoms with Crippen LogP contribution in [-0.2, 0) is 0 Å². The van der Waals surface area contributed by atoms with Crippen molar-refractivity contribution < 1.29 is 4.79 Å². The molecule has 0 unspecified atom stereocenters. The minimum atomic E-state index is -0.336. The minimum absolute atomic E-state index is 0.0612. The van der Waals surface area contributed by atoms with Gasteiger partial charge in [0.05, 0.1) is 21.9 Å². The van der Waals surface area contributed by atoms with Gasteiger partial charge in [-0.2, -0.15) is 0 Å². The van der Waals surface area contributed by atoms with Gasteiger partial charge in [-0.25, -0.2) is 9.98 Å². The van der Waals surface area contributed by atoms with Crippen LogP contribution in [0, 0.1) is 11.8 Å². The van der Waals surface area contributed by atoms with E-state index in [0.29, 0.717) is 38.9 Å². The molecule has 2 rings (SSSR count). The largest absolute Gasteiger partial charge is 0.401 e. The van der Waals surface area contributed by atoms with Gasteiger partial charge in [0.15, 0.2) is 0 Å². The summed E-state index contributed by atoms with van der Waals surface area (Å²) >= 11 is 6.15. The predicted octanol–water partition coefficient (Wildman–Crippen LogP) is 2.18. The van der Waals surface area contributed by atoms with E-state index in [1.807, 2.05) is 0 Å². The molecule has 0 spiro atoms. The number of nitrogens with one attached hydrogen (secondary N) is 1. The monoisotopic (exact) mass is 408 g/mol. The molecule has 1 heterocycles. The fourth-order valence-corrected chi connectivity index (χ4v) is 2.55. The average Bonchev–Trinajstić information content (AvgIpc) is 2.68. The Kier molecular flexibility index (Phi) is 7.01. The summed E-state index contributed by atoms with van der Waals surface area (Å²) in [6.07, 6.45) is 1.55. The molecular formula is C21H21ClN6O. The summed E-state index contributed by atoms with van der Waals surface area (Å²) in [7, 11) is 1.52. The molecule has 0 saturated carbocycles. The molecule has 1 amide bonds. The number of pyridine rings is 1. The zero-order valence-electron chi connectivity index (χ0n) is 16.1. The number of carbonyl (C=O) groups excluding carboxylic acids is 1. The first-order valence-corrected chi connectivity index (χ1v) is 8.86. The van der Waals surface area contributed by atoms with Gasteiger partial charge in [0, 0.05) is 30.1 Å². The molecule has 7 N–H and O–H groups in total. The van der Waals surface area contributed by atoms with Crippen molar-refractivity contribution in [2.45, 2.75) is 6.92 Å². The fourth-order valence-electron chi connectivity index (χ4n) is 2.35. The van der Waals surface area contributed by atoms with E-state index in [2.05, 4.69) is 33.7 Å². The van der Waals surface area contributed by atoms with Crippen molar-refractivity contribution in [1.82, 2.24) is 10.3 Å². The van der Waals surface area contributed by atoms with Crippen molar-refractivity contribution in [3.05, 3.63) is 81.9 Å². The SMILES string of the molecule is C=C(N)/N=C(\C(C#Cc1ccc(N)nc1)=C(\C)N)c1ccc(Cl)c(C(=O)NC)c1. The number of anilines is 1. The number of hydrogen-bond acceptors (Lipinski definition) is 6. The number of halogens is 1. The molecule has 8 heteroatoms. The smallest absolute Gasteiger partial charge is 0.252 e. The van der Waals surface area contributed by atoms with E-state index >= 15 is 0 Å². The fraction of sp³-hybridized carbons (Fsp3) is 0.0952. The molecule has 7 nitrogen and oxygen atoms in total. The summed E-state index contributed by atoms with van der Waals surface area (Å²) in [6.45, 7) is 5.32. The third kappa shape index (κ3) is 5.61. The number of nitrogens with two attached hydrogens (primary N) is 3. The molecular weight excluding hydrogens is 388 g/mol. The molecule has 0 aliphatic carbocycles. The number of carbonyl (C=O) groups is 1. The Labute approximate surface area is 174 Å². The van der Waals surface area contributed by atoms with E-state index < -0.39 is 0 Å². The number of amides is 1. The van der Waals surface area contributed by atoms with E-state index in [-0.39, 0.29) is 17.3 Å². The molecule has 0 radical (unpaired) electrons. The van der Waals surface area contributed by atoms with E-state index in [1.165, 1.54) is 7.05 Å². The van der Waals surface area contributed by atoms with Crippen molar-refractivity contribution in [1.29, 1.82) is 0 Å². The molecule has 0 atom stereocenters. The van der Waals surface area contributed by atoms with Gasteiger partial charge < -0.3 is 22.5 Å². The summed E-state index contributed by atoms with van der Waals surface area (Å²) in [4.78, 5) is 20.4. The number of benzene rings is 1. The van der Waals surface area contributed by atoms with Gasteiger partial charge in [-0.05, 0) is 31.2 Å². The van der Waals surface area contributed by atoms with Crippen LogP contribution >= 0.6 is 11.6 Å². The molecule has 0 fully saturated rings. The normalized spacial score (nSPS) is 11.8. The quantitative estimate of drug-likeness (QED) is 0.454. The van der Waals surface area contributed by atoms with Crippen molar-refractivity contribution >= 4 is 29.0 Å². The highest BCUT2D eigenvalue weighted by molar-refractivity contribution is 6.34. The van der Waals surface area contributed by atoms with Gasteiger partial charge in [0.2, 0.25) is 0 Å². The number of aliphatic imine (C=N–C) groups is 1. The van der Waals surface area contributed by atoms with Crippen LogP contribution in [0.5, 0.6) is 0 Å². The minimum Gasteiger partial charge on any atom is -0.401 e. The molecule has 0 aliphatic rings. The van der Waals surface area contributed by atoms with Crippen LogP contribution in [0.3, 0.4) is 0 Å². The third-order valence-electron chi connectivity index (χ3n) is 3.72. The summed E-state index contributed by atoms with van der Waals surface area (Å²) in [5.41, 5.74) is 20.1. The maximum atomic E-state index is 12.1. The standard InChI is InChI=1S/C21H21ClN6O/c1-12(23)16(7-4-14-5-9-19(25)27-11-14)20(28-13(2)24)15-6-8-18(22)17(10-15)21(29)26-3/h5-6,8-11H,2,23-24H2,1,3H3,(H2,25,27)(H,26,29)/b16-12-,28-20-. The Morgan fingerprint density at radius 3 is 2.55 bits per heavy atom. The molecule has 0 saturated heterocycles. The van der Waals surface area contributed by atoms with Crippen LogP contribution < -0.4 is 22.5 Å². The van der Waals surface area contributed by atoms with Gasteiger partial charge in [-0.15, -0.1) is 0 Å². The van der Waals surface area contributed by atoms with Gasteiger partial charge >= 0.3 is 0 Å².